The van der Waals surface area contributed by atoms with Crippen molar-refractivity contribution in [1.82, 2.24) is 10.2 Å². The largest absolute Gasteiger partial charge is 0.484 e. The maximum absolute atomic E-state index is 11.2. The number of Topliss-reactive ketones (excluding diaryl/α,β-unsaturated/α-hetero) is 1. The second-order valence-electron chi connectivity index (χ2n) is 5.24. The number of rotatable bonds is 5. The van der Waals surface area contributed by atoms with Crippen LogP contribution in [0.15, 0.2) is 52.9 Å². The van der Waals surface area contributed by atoms with Gasteiger partial charge in [0.25, 0.3) is 5.89 Å². The molecule has 1 heterocycles. The predicted octanol–water partition coefficient (Wildman–Crippen LogP) is 3.83. The molecule has 5 heteroatoms. The summed E-state index contributed by atoms with van der Waals surface area (Å²) < 4.78 is 11.2. The minimum atomic E-state index is 0.0243. The van der Waals surface area contributed by atoms with E-state index in [1.807, 2.05) is 31.2 Å². The number of hydrogen-bond acceptors (Lipinski definition) is 5. The molecule has 0 unspecified atom stereocenters. The minimum absolute atomic E-state index is 0.0243. The first-order valence-corrected chi connectivity index (χ1v) is 7.25. The summed E-state index contributed by atoms with van der Waals surface area (Å²) in [4.78, 5) is 11.2. The van der Waals surface area contributed by atoms with Gasteiger partial charge in [-0.25, -0.2) is 0 Å². The van der Waals surface area contributed by atoms with E-state index in [9.17, 15) is 4.79 Å². The first kappa shape index (κ1) is 15.0. The van der Waals surface area contributed by atoms with Crippen LogP contribution in [0.1, 0.15) is 28.7 Å². The zero-order valence-electron chi connectivity index (χ0n) is 12.9. The molecule has 0 aliphatic carbocycles. The van der Waals surface area contributed by atoms with E-state index in [0.717, 1.165) is 11.1 Å². The Bertz CT molecular complexity index is 822. The van der Waals surface area contributed by atoms with E-state index >= 15 is 0 Å². The van der Waals surface area contributed by atoms with Gasteiger partial charge in [-0.2, -0.15) is 0 Å². The molecule has 5 nitrogen and oxygen atoms in total. The molecule has 0 aliphatic rings. The number of aromatic nitrogens is 2. The molecule has 23 heavy (non-hydrogen) atoms. The third kappa shape index (κ3) is 3.63. The summed E-state index contributed by atoms with van der Waals surface area (Å²) in [7, 11) is 0. The van der Waals surface area contributed by atoms with E-state index in [2.05, 4.69) is 10.2 Å². The Labute approximate surface area is 133 Å². The monoisotopic (exact) mass is 308 g/mol. The molecule has 0 atom stereocenters. The molecule has 3 aromatic rings. The average molecular weight is 308 g/mol. The van der Waals surface area contributed by atoms with Gasteiger partial charge >= 0.3 is 0 Å². The van der Waals surface area contributed by atoms with Crippen molar-refractivity contribution in [1.29, 1.82) is 0 Å². The van der Waals surface area contributed by atoms with Crippen LogP contribution in [0.3, 0.4) is 0 Å². The summed E-state index contributed by atoms with van der Waals surface area (Å²) in [6.45, 7) is 3.72. The minimum Gasteiger partial charge on any atom is -0.484 e. The van der Waals surface area contributed by atoms with Crippen LogP contribution in [-0.4, -0.2) is 16.0 Å². The first-order chi connectivity index (χ1) is 11.1. The third-order valence-corrected chi connectivity index (χ3v) is 3.36. The van der Waals surface area contributed by atoms with Gasteiger partial charge < -0.3 is 9.15 Å². The average Bonchev–Trinajstić information content (AvgIpc) is 3.02. The lowest BCUT2D eigenvalue weighted by Gasteiger charge is -2.03. The molecule has 0 saturated carbocycles. The number of benzene rings is 2. The fourth-order valence-electron chi connectivity index (χ4n) is 2.14. The van der Waals surface area contributed by atoms with Crippen LogP contribution in [0.2, 0.25) is 0 Å². The van der Waals surface area contributed by atoms with Crippen molar-refractivity contribution in [2.75, 3.05) is 0 Å². The van der Waals surface area contributed by atoms with Gasteiger partial charge in [0.2, 0.25) is 5.89 Å². The zero-order valence-corrected chi connectivity index (χ0v) is 12.9. The number of ether oxygens (including phenoxy) is 1. The van der Waals surface area contributed by atoms with Gasteiger partial charge in [-0.15, -0.1) is 10.2 Å². The lowest BCUT2D eigenvalue weighted by molar-refractivity contribution is 0.101. The topological polar surface area (TPSA) is 65.2 Å². The van der Waals surface area contributed by atoms with Gasteiger partial charge in [0.05, 0.1) is 0 Å². The molecule has 0 saturated heterocycles. The molecule has 0 fully saturated rings. The Hall–Kier alpha value is -2.95. The first-order valence-electron chi connectivity index (χ1n) is 7.25. The van der Waals surface area contributed by atoms with Gasteiger partial charge in [-0.1, -0.05) is 17.7 Å². The number of hydrogen-bond donors (Lipinski definition) is 0. The van der Waals surface area contributed by atoms with Crippen molar-refractivity contribution in [3.8, 4) is 17.2 Å². The van der Waals surface area contributed by atoms with E-state index < -0.39 is 0 Å². The normalized spacial score (nSPS) is 10.5. The van der Waals surface area contributed by atoms with Crippen molar-refractivity contribution in [3.63, 3.8) is 0 Å². The van der Waals surface area contributed by atoms with E-state index in [0.29, 0.717) is 23.1 Å². The molecule has 2 aromatic carbocycles. The summed E-state index contributed by atoms with van der Waals surface area (Å²) in [5.74, 6) is 1.54. The van der Waals surface area contributed by atoms with Gasteiger partial charge in [0.15, 0.2) is 12.4 Å². The Balaban J connectivity index is 1.66. The lowest BCUT2D eigenvalue weighted by atomic mass is 10.1. The Morgan fingerprint density at radius 1 is 1.13 bits per heavy atom. The highest BCUT2D eigenvalue weighted by Gasteiger charge is 2.09. The second-order valence-corrected chi connectivity index (χ2v) is 5.24. The molecule has 0 bridgehead atoms. The summed E-state index contributed by atoms with van der Waals surface area (Å²) in [6, 6.07) is 14.8. The van der Waals surface area contributed by atoms with E-state index in [1.165, 1.54) is 6.92 Å². The molecule has 0 aliphatic heterocycles. The molecular formula is C18H16N2O3. The van der Waals surface area contributed by atoms with Crippen LogP contribution >= 0.6 is 0 Å². The molecule has 116 valence electrons. The number of carbonyl (C=O) groups excluding carboxylic acids is 1. The third-order valence-electron chi connectivity index (χ3n) is 3.36. The number of nitrogens with zero attached hydrogens (tertiary/aromatic N) is 2. The van der Waals surface area contributed by atoms with Crippen molar-refractivity contribution in [2.45, 2.75) is 20.5 Å². The number of carbonyl (C=O) groups is 1. The maximum Gasteiger partial charge on any atom is 0.254 e. The summed E-state index contributed by atoms with van der Waals surface area (Å²) in [5.41, 5.74) is 2.66. The summed E-state index contributed by atoms with van der Waals surface area (Å²) in [6.07, 6.45) is 0. The van der Waals surface area contributed by atoms with Crippen molar-refractivity contribution in [2.24, 2.45) is 0 Å². The number of ketones is 1. The standard InChI is InChI=1S/C18H16N2O3/c1-12-4-3-5-15(10-12)18-20-19-17(23-18)11-22-16-8-6-14(7-9-16)13(2)21/h3-10H,11H2,1-2H3. The van der Waals surface area contributed by atoms with Crippen molar-refractivity contribution in [3.05, 3.63) is 65.5 Å². The fraction of sp³-hybridized carbons (Fsp3) is 0.167. The molecular weight excluding hydrogens is 292 g/mol. The Morgan fingerprint density at radius 2 is 1.91 bits per heavy atom. The second kappa shape index (κ2) is 6.44. The molecule has 0 N–H and O–H groups in total. The highest BCUT2D eigenvalue weighted by Crippen LogP contribution is 2.20. The zero-order chi connectivity index (χ0) is 16.2. The van der Waals surface area contributed by atoms with Crippen LogP contribution in [0.25, 0.3) is 11.5 Å². The summed E-state index contributed by atoms with van der Waals surface area (Å²) >= 11 is 0. The maximum atomic E-state index is 11.2. The van der Waals surface area contributed by atoms with Gasteiger partial charge in [0.1, 0.15) is 5.75 Å². The van der Waals surface area contributed by atoms with Crippen LogP contribution in [0.4, 0.5) is 0 Å². The molecule has 3 rings (SSSR count). The SMILES string of the molecule is CC(=O)c1ccc(OCc2nnc(-c3cccc(C)c3)o2)cc1. The highest BCUT2D eigenvalue weighted by atomic mass is 16.5. The van der Waals surface area contributed by atoms with Crippen LogP contribution < -0.4 is 4.74 Å². The van der Waals surface area contributed by atoms with E-state index in [-0.39, 0.29) is 12.4 Å². The fourth-order valence-corrected chi connectivity index (χ4v) is 2.14. The quantitative estimate of drug-likeness (QED) is 0.670. The van der Waals surface area contributed by atoms with E-state index in [4.69, 9.17) is 9.15 Å². The molecule has 0 spiro atoms. The number of aryl methyl sites for hydroxylation is 1. The van der Waals surface area contributed by atoms with Crippen molar-refractivity contribution < 1.29 is 13.9 Å². The van der Waals surface area contributed by atoms with Crippen molar-refractivity contribution >= 4 is 5.78 Å². The van der Waals surface area contributed by atoms with Crippen LogP contribution in [0, 0.1) is 6.92 Å². The van der Waals surface area contributed by atoms with Gasteiger partial charge in [-0.05, 0) is 50.2 Å². The van der Waals surface area contributed by atoms with Gasteiger partial charge in [0, 0.05) is 11.1 Å². The molecule has 1 aromatic heterocycles. The summed E-state index contributed by atoms with van der Waals surface area (Å²) in [5, 5.41) is 8.02. The predicted molar refractivity (Wildman–Crippen MR) is 85.2 cm³/mol. The van der Waals surface area contributed by atoms with Crippen LogP contribution in [-0.2, 0) is 6.61 Å². The van der Waals surface area contributed by atoms with Crippen LogP contribution in [0.5, 0.6) is 5.75 Å². The highest BCUT2D eigenvalue weighted by molar-refractivity contribution is 5.94. The van der Waals surface area contributed by atoms with E-state index in [1.54, 1.807) is 24.3 Å². The molecule has 0 radical (unpaired) electrons. The Kier molecular flexibility index (Phi) is 4.19. The molecule has 0 amide bonds. The smallest absolute Gasteiger partial charge is 0.254 e. The van der Waals surface area contributed by atoms with Gasteiger partial charge in [-0.3, -0.25) is 4.79 Å². The lowest BCUT2D eigenvalue weighted by Crippen LogP contribution is -1.97. The Morgan fingerprint density at radius 3 is 2.61 bits per heavy atom.